The minimum atomic E-state index is -1.30. The maximum Gasteiger partial charge on any atom is 0.406 e. The van der Waals surface area contributed by atoms with Crippen molar-refractivity contribution in [2.45, 2.75) is 5.44 Å². The zero-order valence-electron chi connectivity index (χ0n) is 7.67. The first-order valence-corrected chi connectivity index (χ1v) is 5.56. The van der Waals surface area contributed by atoms with Gasteiger partial charge in [0.05, 0.1) is 10.8 Å². The van der Waals surface area contributed by atoms with E-state index >= 15 is 0 Å². The Kier molecular flexibility index (Phi) is 3.64. The van der Waals surface area contributed by atoms with Crippen LogP contribution in [-0.2, 0) is 15.5 Å². The second-order valence-corrected chi connectivity index (χ2v) is 4.10. The molecule has 0 bridgehead atoms. The van der Waals surface area contributed by atoms with Gasteiger partial charge in [-0.1, -0.05) is 30.3 Å². The monoisotopic (exact) mass is 213 g/mol. The van der Waals surface area contributed by atoms with Crippen LogP contribution in [0, 0.1) is 0 Å². The highest BCUT2D eigenvalue weighted by Crippen LogP contribution is 2.19. The number of carbonyl (C=O) groups excluding carboxylic acids is 1. The van der Waals surface area contributed by atoms with E-state index in [1.807, 2.05) is 6.07 Å². The van der Waals surface area contributed by atoms with Crippen LogP contribution < -0.4 is 5.73 Å². The summed E-state index contributed by atoms with van der Waals surface area (Å²) in [5.74, 6) is 0. The number of hydrogen-bond donors (Lipinski definition) is 1. The number of amides is 1. The molecular formula is C9H11NO3S. The number of rotatable bonds is 3. The van der Waals surface area contributed by atoms with Crippen LogP contribution in [0.2, 0.25) is 0 Å². The lowest BCUT2D eigenvalue weighted by molar-refractivity contribution is 0.144. The highest BCUT2D eigenvalue weighted by molar-refractivity contribution is 7.84. The molecule has 5 heteroatoms. The van der Waals surface area contributed by atoms with E-state index in [0.29, 0.717) is 5.56 Å². The molecular weight excluding hydrogens is 202 g/mol. The van der Waals surface area contributed by atoms with Crippen LogP contribution >= 0.6 is 0 Å². The first-order valence-electron chi connectivity index (χ1n) is 3.94. The molecule has 0 aromatic heterocycles. The maximum atomic E-state index is 11.3. The molecule has 0 heterocycles. The normalized spacial score (nSPS) is 14.4. The Morgan fingerprint density at radius 3 is 2.43 bits per heavy atom. The van der Waals surface area contributed by atoms with Crippen LogP contribution in [0.25, 0.3) is 0 Å². The molecule has 0 aliphatic rings. The van der Waals surface area contributed by atoms with Gasteiger partial charge in [-0.3, -0.25) is 4.21 Å². The topological polar surface area (TPSA) is 69.4 Å². The second-order valence-electron chi connectivity index (χ2n) is 2.68. The Bertz CT molecular complexity index is 339. The summed E-state index contributed by atoms with van der Waals surface area (Å²) < 4.78 is 16.0. The van der Waals surface area contributed by atoms with Crippen molar-refractivity contribution in [3.63, 3.8) is 0 Å². The molecule has 2 N–H and O–H groups in total. The van der Waals surface area contributed by atoms with Crippen molar-refractivity contribution in [3.8, 4) is 0 Å². The first-order chi connectivity index (χ1) is 6.61. The molecule has 0 saturated heterocycles. The van der Waals surface area contributed by atoms with Gasteiger partial charge in [0.1, 0.15) is 0 Å². The Morgan fingerprint density at radius 2 is 2.00 bits per heavy atom. The lowest BCUT2D eigenvalue weighted by Gasteiger charge is -2.13. The molecule has 2 unspecified atom stereocenters. The molecule has 76 valence electrons. The molecule has 1 aromatic rings. The van der Waals surface area contributed by atoms with E-state index in [2.05, 4.69) is 0 Å². The fourth-order valence-electron chi connectivity index (χ4n) is 1.04. The number of carbonyl (C=O) groups is 1. The van der Waals surface area contributed by atoms with Gasteiger partial charge < -0.3 is 10.5 Å². The van der Waals surface area contributed by atoms with Gasteiger partial charge in [-0.2, -0.15) is 0 Å². The standard InChI is InChI=1S/C9H11NO3S/c1-14(12)8(13-9(10)11)7-5-3-2-4-6-7/h2-6,8H,1H3,(H2,10,11). The first kappa shape index (κ1) is 10.7. The van der Waals surface area contributed by atoms with E-state index in [1.165, 1.54) is 6.26 Å². The lowest BCUT2D eigenvalue weighted by Crippen LogP contribution is -2.19. The van der Waals surface area contributed by atoms with Gasteiger partial charge in [0.25, 0.3) is 0 Å². The predicted octanol–water partition coefficient (Wildman–Crippen LogP) is 1.16. The van der Waals surface area contributed by atoms with Crippen LogP contribution in [0.1, 0.15) is 11.0 Å². The molecule has 0 spiro atoms. The summed E-state index contributed by atoms with van der Waals surface area (Å²) in [5.41, 5.74) is 4.76. The summed E-state index contributed by atoms with van der Waals surface area (Å²) >= 11 is 0. The van der Waals surface area contributed by atoms with Crippen molar-refractivity contribution in [3.05, 3.63) is 35.9 Å². The van der Waals surface area contributed by atoms with Gasteiger partial charge in [0.2, 0.25) is 5.44 Å². The molecule has 14 heavy (non-hydrogen) atoms. The van der Waals surface area contributed by atoms with Crippen LogP contribution in [0.15, 0.2) is 30.3 Å². The third-order valence-electron chi connectivity index (χ3n) is 1.60. The third kappa shape index (κ3) is 2.85. The molecule has 1 aromatic carbocycles. The number of ether oxygens (including phenoxy) is 1. The highest BCUT2D eigenvalue weighted by atomic mass is 32.2. The van der Waals surface area contributed by atoms with Crippen molar-refractivity contribution < 1.29 is 13.7 Å². The maximum absolute atomic E-state index is 11.3. The predicted molar refractivity (Wildman–Crippen MR) is 53.9 cm³/mol. The largest absolute Gasteiger partial charge is 0.428 e. The zero-order valence-corrected chi connectivity index (χ0v) is 8.49. The van der Waals surface area contributed by atoms with E-state index in [0.717, 1.165) is 0 Å². The van der Waals surface area contributed by atoms with Crippen molar-refractivity contribution in [2.75, 3.05) is 6.26 Å². The van der Waals surface area contributed by atoms with Crippen molar-refractivity contribution in [1.29, 1.82) is 0 Å². The van der Waals surface area contributed by atoms with Crippen LogP contribution in [0.3, 0.4) is 0 Å². The minimum Gasteiger partial charge on any atom is -0.428 e. The number of nitrogens with two attached hydrogens (primary N) is 1. The van der Waals surface area contributed by atoms with Gasteiger partial charge in [-0.15, -0.1) is 0 Å². The third-order valence-corrected chi connectivity index (χ3v) is 2.57. The number of benzene rings is 1. The number of primary amides is 1. The highest BCUT2D eigenvalue weighted by Gasteiger charge is 2.18. The summed E-state index contributed by atoms with van der Waals surface area (Å²) in [6.07, 6.45) is 0.537. The Labute approximate surface area is 84.5 Å². The van der Waals surface area contributed by atoms with E-state index in [1.54, 1.807) is 24.3 Å². The van der Waals surface area contributed by atoms with Gasteiger partial charge in [-0.05, 0) is 0 Å². The van der Waals surface area contributed by atoms with Gasteiger partial charge in [-0.25, -0.2) is 4.79 Å². The van der Waals surface area contributed by atoms with E-state index < -0.39 is 22.3 Å². The molecule has 4 nitrogen and oxygen atoms in total. The minimum absolute atomic E-state index is 0.673. The summed E-state index contributed by atoms with van der Waals surface area (Å²) in [6.45, 7) is 0. The van der Waals surface area contributed by atoms with E-state index in [-0.39, 0.29) is 0 Å². The molecule has 0 fully saturated rings. The fourth-order valence-corrected chi connectivity index (χ4v) is 1.81. The van der Waals surface area contributed by atoms with Gasteiger partial charge >= 0.3 is 6.09 Å². The van der Waals surface area contributed by atoms with Crippen molar-refractivity contribution >= 4 is 16.9 Å². The molecule has 0 aliphatic carbocycles. The Morgan fingerprint density at radius 1 is 1.43 bits per heavy atom. The molecule has 1 rings (SSSR count). The van der Waals surface area contributed by atoms with Crippen LogP contribution in [-0.4, -0.2) is 16.6 Å². The second kappa shape index (κ2) is 4.76. The average molecular weight is 213 g/mol. The molecule has 0 saturated carbocycles. The van der Waals surface area contributed by atoms with Crippen molar-refractivity contribution in [1.82, 2.24) is 0 Å². The lowest BCUT2D eigenvalue weighted by atomic mass is 10.2. The molecule has 1 amide bonds. The fraction of sp³-hybridized carbons (Fsp3) is 0.222. The average Bonchev–Trinajstić information content (AvgIpc) is 2.15. The smallest absolute Gasteiger partial charge is 0.406 e. The molecule has 2 atom stereocenters. The number of hydrogen-bond acceptors (Lipinski definition) is 3. The quantitative estimate of drug-likeness (QED) is 0.819. The van der Waals surface area contributed by atoms with E-state index in [4.69, 9.17) is 10.5 Å². The van der Waals surface area contributed by atoms with E-state index in [9.17, 15) is 9.00 Å². The Hall–Kier alpha value is -1.36. The summed E-state index contributed by atoms with van der Waals surface area (Å²) in [4.78, 5) is 10.6. The summed E-state index contributed by atoms with van der Waals surface area (Å²) in [6, 6.07) is 8.84. The van der Waals surface area contributed by atoms with Crippen LogP contribution in [0.4, 0.5) is 4.79 Å². The zero-order chi connectivity index (χ0) is 10.6. The Balaban J connectivity index is 2.89. The van der Waals surface area contributed by atoms with Crippen molar-refractivity contribution in [2.24, 2.45) is 5.73 Å². The van der Waals surface area contributed by atoms with Gasteiger partial charge in [0.15, 0.2) is 0 Å². The molecule has 0 aliphatic heterocycles. The van der Waals surface area contributed by atoms with Gasteiger partial charge in [0, 0.05) is 11.8 Å². The summed E-state index contributed by atoms with van der Waals surface area (Å²) in [7, 11) is -1.30. The SMILES string of the molecule is CS(=O)C(OC(N)=O)c1ccccc1. The van der Waals surface area contributed by atoms with Crippen LogP contribution in [0.5, 0.6) is 0 Å². The summed E-state index contributed by atoms with van der Waals surface area (Å²) in [5, 5.41) is 0. The molecule has 0 radical (unpaired) electrons.